The molecule has 0 spiro atoms. The Morgan fingerprint density at radius 2 is 2.00 bits per heavy atom. The number of carbonyl (C=O) groups is 1. The van der Waals surface area contributed by atoms with Gasteiger partial charge in [0.15, 0.2) is 0 Å². The Morgan fingerprint density at radius 3 is 2.53 bits per heavy atom. The molecule has 1 amide bonds. The number of aromatic amines is 1. The van der Waals surface area contributed by atoms with Crippen LogP contribution in [0.3, 0.4) is 0 Å². The smallest absolute Gasteiger partial charge is 0.255 e. The Hall–Kier alpha value is -1.36. The summed E-state index contributed by atoms with van der Waals surface area (Å²) in [5.74, 6) is -0.0156. The fraction of sp³-hybridized carbons (Fsp3) is 0.667. The van der Waals surface area contributed by atoms with E-state index >= 15 is 0 Å². The first-order chi connectivity index (χ1) is 8.02. The van der Waals surface area contributed by atoms with Crippen molar-refractivity contribution in [3.05, 3.63) is 17.0 Å². The molecule has 94 valence electrons. The Bertz CT molecular complexity index is 399. The summed E-state index contributed by atoms with van der Waals surface area (Å²) in [4.78, 5) is 12.2. The zero-order valence-electron chi connectivity index (χ0n) is 10.7. The first-order valence-corrected chi connectivity index (χ1v) is 6.07. The van der Waals surface area contributed by atoms with Crippen molar-refractivity contribution in [3.63, 3.8) is 0 Å². The lowest BCUT2D eigenvalue weighted by molar-refractivity contribution is 0.0886. The fourth-order valence-corrected chi connectivity index (χ4v) is 2.33. The lowest BCUT2D eigenvalue weighted by Crippen LogP contribution is -2.52. The molecule has 1 aromatic rings. The van der Waals surface area contributed by atoms with Gasteiger partial charge in [0.1, 0.15) is 0 Å². The van der Waals surface area contributed by atoms with Crippen LogP contribution in [-0.4, -0.2) is 34.7 Å². The lowest BCUT2D eigenvalue weighted by Gasteiger charge is -2.35. The minimum atomic E-state index is -0.0987. The minimum Gasteiger partial charge on any atom is -0.347 e. The molecule has 3 N–H and O–H groups in total. The number of carbonyl (C=O) groups excluding carboxylic acids is 1. The monoisotopic (exact) mass is 236 g/mol. The number of aromatic nitrogens is 2. The van der Waals surface area contributed by atoms with Crippen LogP contribution >= 0.6 is 0 Å². The van der Waals surface area contributed by atoms with Crippen LogP contribution < -0.4 is 10.6 Å². The number of hydrogen-bond donors (Lipinski definition) is 3. The van der Waals surface area contributed by atoms with Gasteiger partial charge in [0.2, 0.25) is 0 Å². The van der Waals surface area contributed by atoms with Crippen LogP contribution in [0.2, 0.25) is 0 Å². The van der Waals surface area contributed by atoms with Crippen molar-refractivity contribution in [1.82, 2.24) is 20.8 Å². The van der Waals surface area contributed by atoms with Crippen LogP contribution in [0.4, 0.5) is 0 Å². The molecule has 1 aromatic heterocycles. The molecule has 17 heavy (non-hydrogen) atoms. The van der Waals surface area contributed by atoms with E-state index in [1.807, 2.05) is 13.8 Å². The van der Waals surface area contributed by atoms with Crippen LogP contribution in [0.5, 0.6) is 0 Å². The molecule has 0 aliphatic carbocycles. The van der Waals surface area contributed by atoms with Crippen LogP contribution in [0.1, 0.15) is 41.5 Å². The molecule has 5 nitrogen and oxygen atoms in total. The summed E-state index contributed by atoms with van der Waals surface area (Å²) in [6.07, 6.45) is 1.93. The number of piperidine rings is 1. The van der Waals surface area contributed by atoms with Crippen LogP contribution in [0.15, 0.2) is 0 Å². The lowest BCUT2D eigenvalue weighted by atomic mass is 9.90. The van der Waals surface area contributed by atoms with Gasteiger partial charge in [0.25, 0.3) is 5.91 Å². The second kappa shape index (κ2) is 4.49. The molecule has 0 aromatic carbocycles. The van der Waals surface area contributed by atoms with Gasteiger partial charge >= 0.3 is 0 Å². The molecule has 5 heteroatoms. The van der Waals surface area contributed by atoms with Crippen molar-refractivity contribution in [1.29, 1.82) is 0 Å². The van der Waals surface area contributed by atoms with Crippen molar-refractivity contribution in [2.45, 2.75) is 39.2 Å². The van der Waals surface area contributed by atoms with Crippen molar-refractivity contribution < 1.29 is 4.79 Å². The van der Waals surface area contributed by atoms with Gasteiger partial charge in [0.05, 0.1) is 11.3 Å². The number of H-pyrrole nitrogens is 1. The maximum atomic E-state index is 12.2. The van der Waals surface area contributed by atoms with E-state index in [9.17, 15) is 4.79 Å². The molecule has 0 atom stereocenters. The third kappa shape index (κ3) is 2.49. The van der Waals surface area contributed by atoms with Gasteiger partial charge in [-0.15, -0.1) is 0 Å². The van der Waals surface area contributed by atoms with Gasteiger partial charge in [0, 0.05) is 11.2 Å². The van der Waals surface area contributed by atoms with Crippen molar-refractivity contribution >= 4 is 5.91 Å². The summed E-state index contributed by atoms with van der Waals surface area (Å²) >= 11 is 0. The maximum absolute atomic E-state index is 12.2. The zero-order valence-corrected chi connectivity index (χ0v) is 10.7. The van der Waals surface area contributed by atoms with Crippen LogP contribution in [0, 0.1) is 13.8 Å². The third-order valence-corrected chi connectivity index (χ3v) is 3.48. The average Bonchev–Trinajstić information content (AvgIpc) is 2.58. The van der Waals surface area contributed by atoms with Crippen molar-refractivity contribution in [2.24, 2.45) is 0 Å². The Kier molecular flexibility index (Phi) is 3.19. The van der Waals surface area contributed by atoms with Crippen molar-refractivity contribution in [3.8, 4) is 0 Å². The first kappa shape index (κ1) is 12.1. The minimum absolute atomic E-state index is 0.0156. The summed E-state index contributed by atoms with van der Waals surface area (Å²) in [7, 11) is 0. The van der Waals surface area contributed by atoms with Gasteiger partial charge in [-0.05, 0) is 46.7 Å². The Balaban J connectivity index is 2.11. The first-order valence-electron chi connectivity index (χ1n) is 6.07. The topological polar surface area (TPSA) is 69.8 Å². The molecule has 0 unspecified atom stereocenters. The highest BCUT2D eigenvalue weighted by atomic mass is 16.1. The number of nitrogens with one attached hydrogen (secondary N) is 3. The number of amides is 1. The summed E-state index contributed by atoms with van der Waals surface area (Å²) in [5.41, 5.74) is 2.18. The Labute approximate surface area is 101 Å². The van der Waals surface area contributed by atoms with E-state index in [4.69, 9.17) is 0 Å². The Morgan fingerprint density at radius 1 is 1.35 bits per heavy atom. The van der Waals surface area contributed by atoms with Gasteiger partial charge in [-0.3, -0.25) is 9.89 Å². The van der Waals surface area contributed by atoms with E-state index in [1.165, 1.54) is 0 Å². The molecule has 1 aliphatic rings. The van der Waals surface area contributed by atoms with E-state index < -0.39 is 0 Å². The summed E-state index contributed by atoms with van der Waals surface area (Å²) < 4.78 is 0. The van der Waals surface area contributed by atoms with Crippen LogP contribution in [0.25, 0.3) is 0 Å². The van der Waals surface area contributed by atoms with Crippen LogP contribution in [-0.2, 0) is 0 Å². The quantitative estimate of drug-likeness (QED) is 0.714. The molecule has 1 aliphatic heterocycles. The molecule has 1 saturated heterocycles. The number of aryl methyl sites for hydroxylation is 2. The van der Waals surface area contributed by atoms with E-state index in [-0.39, 0.29) is 11.4 Å². The maximum Gasteiger partial charge on any atom is 0.255 e. The molecule has 0 bridgehead atoms. The number of hydrogen-bond acceptors (Lipinski definition) is 3. The highest BCUT2D eigenvalue weighted by molar-refractivity contribution is 5.96. The molecule has 2 heterocycles. The van der Waals surface area contributed by atoms with E-state index in [1.54, 1.807) is 0 Å². The molecule has 0 radical (unpaired) electrons. The second-order valence-electron chi connectivity index (χ2n) is 5.07. The van der Waals surface area contributed by atoms with E-state index in [0.717, 1.165) is 37.3 Å². The highest BCUT2D eigenvalue weighted by Crippen LogP contribution is 2.19. The molecular weight excluding hydrogens is 216 g/mol. The second-order valence-corrected chi connectivity index (χ2v) is 5.07. The molecule has 2 rings (SSSR count). The summed E-state index contributed by atoms with van der Waals surface area (Å²) in [6, 6.07) is 0. The third-order valence-electron chi connectivity index (χ3n) is 3.48. The van der Waals surface area contributed by atoms with Gasteiger partial charge in [-0.25, -0.2) is 0 Å². The van der Waals surface area contributed by atoms with Gasteiger partial charge in [-0.1, -0.05) is 0 Å². The van der Waals surface area contributed by atoms with Gasteiger partial charge < -0.3 is 10.6 Å². The average molecular weight is 236 g/mol. The molecule has 1 fully saturated rings. The zero-order chi connectivity index (χ0) is 12.5. The standard InChI is InChI=1S/C12H20N4O/c1-8-10(9(2)16-15-8)11(17)14-12(3)4-6-13-7-5-12/h13H,4-7H2,1-3H3,(H,14,17)(H,15,16). The molecule has 0 saturated carbocycles. The summed E-state index contributed by atoms with van der Waals surface area (Å²) in [6.45, 7) is 7.75. The SMILES string of the molecule is Cc1n[nH]c(C)c1C(=O)NC1(C)CCNCC1. The fourth-order valence-electron chi connectivity index (χ4n) is 2.33. The number of nitrogens with zero attached hydrogens (tertiary/aromatic N) is 1. The molecular formula is C12H20N4O. The number of rotatable bonds is 2. The predicted octanol–water partition coefficient (Wildman–Crippen LogP) is 0.898. The summed E-state index contributed by atoms with van der Waals surface area (Å²) in [5, 5.41) is 13.3. The van der Waals surface area contributed by atoms with Crippen molar-refractivity contribution in [2.75, 3.05) is 13.1 Å². The van der Waals surface area contributed by atoms with E-state index in [2.05, 4.69) is 27.8 Å². The highest BCUT2D eigenvalue weighted by Gasteiger charge is 2.29. The predicted molar refractivity (Wildman–Crippen MR) is 66.0 cm³/mol. The largest absolute Gasteiger partial charge is 0.347 e. The van der Waals surface area contributed by atoms with Gasteiger partial charge in [-0.2, -0.15) is 5.10 Å². The normalized spacial score (nSPS) is 19.0. The van der Waals surface area contributed by atoms with E-state index in [0.29, 0.717) is 5.56 Å².